The van der Waals surface area contributed by atoms with E-state index in [0.29, 0.717) is 27.2 Å². The molecule has 13 heteroatoms. The van der Waals surface area contributed by atoms with E-state index in [1.54, 1.807) is 55.5 Å². The third-order valence-electron chi connectivity index (χ3n) is 8.43. The van der Waals surface area contributed by atoms with E-state index in [9.17, 15) is 22.8 Å². The van der Waals surface area contributed by atoms with Gasteiger partial charge in [-0.2, -0.15) is 13.2 Å². The van der Waals surface area contributed by atoms with E-state index in [0.717, 1.165) is 34.7 Å². The van der Waals surface area contributed by atoms with Gasteiger partial charge in [-0.05, 0) is 53.9 Å². The summed E-state index contributed by atoms with van der Waals surface area (Å²) >= 11 is 1.96. The molecule has 53 heavy (non-hydrogen) atoms. The molecule has 0 N–H and O–H groups in total. The third-order valence-corrected chi connectivity index (χ3v) is 10.2. The number of carbonyl (C=O) groups excluding carboxylic acids is 1. The molecule has 0 unspecified atom stereocenters. The molecular formula is C40H31F3N4O4S2. The molecule has 0 saturated carbocycles. The van der Waals surface area contributed by atoms with Gasteiger partial charge in [0.25, 0.3) is 5.56 Å². The van der Waals surface area contributed by atoms with Gasteiger partial charge in [-0.25, -0.2) is 19.8 Å². The Bertz CT molecular complexity index is 2510. The van der Waals surface area contributed by atoms with E-state index >= 15 is 0 Å². The van der Waals surface area contributed by atoms with Crippen LogP contribution in [0.4, 0.5) is 13.2 Å². The van der Waals surface area contributed by atoms with Gasteiger partial charge in [0.15, 0.2) is 15.1 Å². The second-order valence-electron chi connectivity index (χ2n) is 12.3. The van der Waals surface area contributed by atoms with Crippen molar-refractivity contribution in [2.45, 2.75) is 49.2 Å². The number of halogens is 3. The summed E-state index contributed by atoms with van der Waals surface area (Å²) in [5.41, 5.74) is 2.29. The Balaban J connectivity index is 1.31. The van der Waals surface area contributed by atoms with Crippen LogP contribution in [-0.2, 0) is 15.7 Å². The van der Waals surface area contributed by atoms with E-state index in [2.05, 4.69) is 23.8 Å². The van der Waals surface area contributed by atoms with Crippen molar-refractivity contribution in [2.75, 3.05) is 6.61 Å². The molecule has 0 spiro atoms. The summed E-state index contributed by atoms with van der Waals surface area (Å²) in [5, 5.41) is 0.0730. The Kier molecular flexibility index (Phi) is 10.0. The molecule has 1 atom stereocenters. The average molecular weight is 753 g/mol. The first-order chi connectivity index (χ1) is 25.5. The summed E-state index contributed by atoms with van der Waals surface area (Å²) in [4.78, 5) is 41.4. The molecule has 3 aromatic heterocycles. The maximum Gasteiger partial charge on any atom is 0.433 e. The largest absolute Gasteiger partial charge is 0.463 e. The maximum absolute atomic E-state index is 14.3. The van der Waals surface area contributed by atoms with E-state index < -0.39 is 29.4 Å². The number of nitrogens with zero attached hydrogens (tertiary/aromatic N) is 4. The normalized spacial score (nSPS) is 14.7. The molecular weight excluding hydrogens is 722 g/mol. The van der Waals surface area contributed by atoms with E-state index in [4.69, 9.17) is 14.1 Å². The number of rotatable bonds is 9. The molecule has 0 aliphatic carbocycles. The van der Waals surface area contributed by atoms with Gasteiger partial charge in [0, 0.05) is 17.2 Å². The van der Waals surface area contributed by atoms with Gasteiger partial charge in [0.05, 0.1) is 34.1 Å². The van der Waals surface area contributed by atoms with Crippen molar-refractivity contribution < 1.29 is 27.1 Å². The highest BCUT2D eigenvalue weighted by Gasteiger charge is 2.36. The van der Waals surface area contributed by atoms with Gasteiger partial charge < -0.3 is 9.15 Å². The molecule has 8 nitrogen and oxygen atoms in total. The smallest absolute Gasteiger partial charge is 0.433 e. The van der Waals surface area contributed by atoms with Gasteiger partial charge in [-0.3, -0.25) is 9.36 Å². The van der Waals surface area contributed by atoms with Gasteiger partial charge in [0.1, 0.15) is 11.5 Å². The first-order valence-corrected chi connectivity index (χ1v) is 18.3. The zero-order valence-corrected chi connectivity index (χ0v) is 30.3. The van der Waals surface area contributed by atoms with Crippen LogP contribution in [0.1, 0.15) is 60.9 Å². The number of esters is 1. The van der Waals surface area contributed by atoms with E-state index in [-0.39, 0.29) is 44.3 Å². The van der Waals surface area contributed by atoms with E-state index in [1.165, 1.54) is 4.57 Å². The topological polar surface area (TPSA) is 99.6 Å². The second-order valence-corrected chi connectivity index (χ2v) is 14.3. The first-order valence-electron chi connectivity index (χ1n) is 16.7. The van der Waals surface area contributed by atoms with Crippen LogP contribution in [0.3, 0.4) is 0 Å². The molecule has 6 aromatic rings. The molecule has 7 rings (SSSR count). The lowest BCUT2D eigenvalue weighted by molar-refractivity contribution is -0.141. The molecule has 0 amide bonds. The number of carbonyl (C=O) groups is 1. The monoisotopic (exact) mass is 752 g/mol. The Morgan fingerprint density at radius 1 is 0.962 bits per heavy atom. The molecule has 0 bridgehead atoms. The Labute approximate surface area is 310 Å². The molecule has 0 saturated heterocycles. The highest BCUT2D eigenvalue weighted by atomic mass is 32.2. The van der Waals surface area contributed by atoms with Crippen LogP contribution in [0, 0.1) is 0 Å². The molecule has 4 heterocycles. The fourth-order valence-electron chi connectivity index (χ4n) is 5.88. The number of hydrogen-bond acceptors (Lipinski definition) is 9. The van der Waals surface area contributed by atoms with Gasteiger partial charge in [-0.1, -0.05) is 110 Å². The van der Waals surface area contributed by atoms with Crippen LogP contribution >= 0.6 is 23.1 Å². The number of alkyl halides is 3. The van der Waals surface area contributed by atoms with E-state index in [1.807, 2.05) is 54.6 Å². The number of benzene rings is 3. The summed E-state index contributed by atoms with van der Waals surface area (Å²) in [6.45, 7) is 6.02. The maximum atomic E-state index is 14.3. The van der Waals surface area contributed by atoms with Crippen LogP contribution in [0.2, 0.25) is 0 Å². The average Bonchev–Trinajstić information content (AvgIpc) is 3.73. The highest BCUT2D eigenvalue weighted by molar-refractivity contribution is 7.99. The highest BCUT2D eigenvalue weighted by Crippen LogP contribution is 2.37. The lowest BCUT2D eigenvalue weighted by Crippen LogP contribution is -2.40. The number of furan rings is 1. The molecule has 1 aliphatic heterocycles. The number of hydrogen-bond donors (Lipinski definition) is 0. The summed E-state index contributed by atoms with van der Waals surface area (Å²) in [6, 6.07) is 28.8. The molecule has 3 aromatic carbocycles. The summed E-state index contributed by atoms with van der Waals surface area (Å²) < 4.78 is 54.7. The quantitative estimate of drug-likeness (QED) is 0.108. The van der Waals surface area contributed by atoms with Crippen LogP contribution < -0.4 is 14.9 Å². The van der Waals surface area contributed by atoms with Crippen molar-refractivity contribution in [1.29, 1.82) is 0 Å². The van der Waals surface area contributed by atoms with Gasteiger partial charge in [0.2, 0.25) is 0 Å². The lowest BCUT2D eigenvalue weighted by atomic mass is 9.91. The van der Waals surface area contributed by atoms with Crippen LogP contribution in [0.15, 0.2) is 133 Å². The lowest BCUT2D eigenvalue weighted by Gasteiger charge is -2.26. The Morgan fingerprint density at radius 2 is 1.64 bits per heavy atom. The number of ether oxygens (including phenoxy) is 1. The van der Waals surface area contributed by atoms with Crippen LogP contribution in [-0.4, -0.2) is 27.1 Å². The Morgan fingerprint density at radius 3 is 2.28 bits per heavy atom. The standard InChI is InChI=1S/C40H31F3N4O4S2/c1-4-50-37(49)33-34(26-13-9-6-10-14-26)46-39-47(35(33)27-17-15-24(16-18-27)23(2)3)36(48)30(52-39)21-28-19-20-32(51-28)53-38-44-29(25-11-7-5-8-12-25)22-31(45-38)40(41,42)43/h5-23,35H,4H2,1-3H3/b30-21+/t35-/m1/s1. The third kappa shape index (κ3) is 7.53. The minimum atomic E-state index is -4.69. The first kappa shape index (κ1) is 35.9. The van der Waals surface area contributed by atoms with Gasteiger partial charge >= 0.3 is 12.1 Å². The summed E-state index contributed by atoms with van der Waals surface area (Å²) in [6.07, 6.45) is -3.14. The van der Waals surface area contributed by atoms with Crippen molar-refractivity contribution in [3.8, 4) is 11.3 Å². The molecule has 1 aliphatic rings. The summed E-state index contributed by atoms with van der Waals surface area (Å²) in [5.74, 6) is -0.0330. The van der Waals surface area contributed by atoms with Crippen LogP contribution in [0.5, 0.6) is 0 Å². The minimum Gasteiger partial charge on any atom is -0.463 e. The van der Waals surface area contributed by atoms with Crippen molar-refractivity contribution >= 4 is 40.8 Å². The van der Waals surface area contributed by atoms with Crippen molar-refractivity contribution in [2.24, 2.45) is 4.99 Å². The summed E-state index contributed by atoms with van der Waals surface area (Å²) in [7, 11) is 0. The number of thiazole rings is 1. The second kappa shape index (κ2) is 14.8. The molecule has 0 radical (unpaired) electrons. The molecule has 268 valence electrons. The van der Waals surface area contributed by atoms with Crippen molar-refractivity contribution in [1.82, 2.24) is 14.5 Å². The van der Waals surface area contributed by atoms with Crippen molar-refractivity contribution in [3.05, 3.63) is 157 Å². The Hall–Kier alpha value is -5.53. The minimum absolute atomic E-state index is 0.119. The van der Waals surface area contributed by atoms with Crippen LogP contribution in [0.25, 0.3) is 23.0 Å². The zero-order chi connectivity index (χ0) is 37.3. The number of aromatic nitrogens is 3. The number of fused-ring (bicyclic) bond motifs is 1. The molecule has 0 fully saturated rings. The SMILES string of the molecule is CCOC(=O)C1=C(c2ccccc2)N=c2s/c(=C/c3ccc(Sc4nc(-c5ccccc5)cc(C(F)(F)F)n4)o3)c(=O)n2[C@@H]1c1ccc(C(C)C)cc1. The predicted molar refractivity (Wildman–Crippen MR) is 197 cm³/mol. The van der Waals surface area contributed by atoms with Gasteiger partial charge in [-0.15, -0.1) is 0 Å². The predicted octanol–water partition coefficient (Wildman–Crippen LogP) is 8.28. The fraction of sp³-hybridized carbons (Fsp3) is 0.175. The van der Waals surface area contributed by atoms with Crippen molar-refractivity contribution in [3.63, 3.8) is 0 Å². The fourth-order valence-corrected chi connectivity index (χ4v) is 7.60. The zero-order valence-electron chi connectivity index (χ0n) is 28.6.